The molecule has 0 saturated carbocycles. The molecule has 8 aromatic carbocycles. The quantitative estimate of drug-likeness (QED) is 0.142. The Bertz CT molecular complexity index is 2370. The van der Waals surface area contributed by atoms with Crippen LogP contribution in [0.25, 0.3) is 22.2 Å². The lowest BCUT2D eigenvalue weighted by Gasteiger charge is -2.38. The summed E-state index contributed by atoms with van der Waals surface area (Å²) in [4.78, 5) is 11.8. The lowest BCUT2D eigenvalue weighted by molar-refractivity contribution is 0.602. The average molecular weight is 697 g/mol. The van der Waals surface area contributed by atoms with Crippen molar-refractivity contribution in [2.45, 2.75) is 0 Å². The highest BCUT2D eigenvalue weighted by Gasteiger charge is 2.30. The maximum atomic E-state index is 5.85. The van der Waals surface area contributed by atoms with Crippen molar-refractivity contribution in [2.75, 3.05) is 14.7 Å². The molecule has 1 aromatic heterocycles. The Morgan fingerprint density at radius 2 is 0.704 bits per heavy atom. The van der Waals surface area contributed by atoms with Crippen molar-refractivity contribution in [3.63, 3.8) is 0 Å². The van der Waals surface area contributed by atoms with Gasteiger partial charge in [0.15, 0.2) is 12.0 Å². The fraction of sp³-hybridized carbons (Fsp3) is 0. The van der Waals surface area contributed by atoms with E-state index in [2.05, 4.69) is 215 Å². The number of hydrogen-bond donors (Lipinski definition) is 0. The van der Waals surface area contributed by atoms with Crippen molar-refractivity contribution < 1.29 is 4.42 Å². The molecule has 0 aliphatic rings. The first-order valence-corrected chi connectivity index (χ1v) is 18.0. The van der Waals surface area contributed by atoms with Gasteiger partial charge in [-0.05, 0) is 96.6 Å². The van der Waals surface area contributed by atoms with E-state index in [0.717, 1.165) is 73.4 Å². The van der Waals surface area contributed by atoms with Crippen LogP contribution in [0.15, 0.2) is 223 Å². The van der Waals surface area contributed by atoms with Crippen LogP contribution < -0.4 is 14.7 Å². The van der Waals surface area contributed by atoms with Gasteiger partial charge in [-0.2, -0.15) is 0 Å². The Balaban J connectivity index is 1.48. The molecule has 258 valence electrons. The molecule has 0 bridgehead atoms. The minimum Gasteiger partial charge on any atom is -0.443 e. The van der Waals surface area contributed by atoms with Crippen molar-refractivity contribution in [2.24, 2.45) is 0 Å². The van der Waals surface area contributed by atoms with Gasteiger partial charge in [0.25, 0.3) is 0 Å². The molecule has 1 heterocycles. The van der Waals surface area contributed by atoms with Gasteiger partial charge in [0, 0.05) is 39.7 Å². The first kappa shape index (κ1) is 32.5. The summed E-state index contributed by atoms with van der Waals surface area (Å²) in [7, 11) is 0. The lowest BCUT2D eigenvalue weighted by Crippen LogP contribution is -2.21. The van der Waals surface area contributed by atoms with Gasteiger partial charge in [0.05, 0.1) is 17.1 Å². The highest BCUT2D eigenvalue weighted by Crippen LogP contribution is 2.54. The van der Waals surface area contributed by atoms with E-state index in [0.29, 0.717) is 0 Å². The van der Waals surface area contributed by atoms with Crippen molar-refractivity contribution in [3.05, 3.63) is 219 Å². The number of hydrogen-bond acceptors (Lipinski definition) is 5. The third kappa shape index (κ3) is 6.25. The van der Waals surface area contributed by atoms with Gasteiger partial charge < -0.3 is 19.1 Å². The van der Waals surface area contributed by atoms with E-state index in [9.17, 15) is 0 Å². The predicted molar refractivity (Wildman–Crippen MR) is 223 cm³/mol. The second kappa shape index (κ2) is 14.7. The first-order valence-electron chi connectivity index (χ1n) is 18.0. The van der Waals surface area contributed by atoms with Crippen LogP contribution in [0.4, 0.5) is 51.2 Å². The maximum absolute atomic E-state index is 5.85. The molecule has 0 aliphatic heterocycles. The average Bonchev–Trinajstić information content (AvgIpc) is 3.74. The van der Waals surface area contributed by atoms with Crippen LogP contribution in [0.3, 0.4) is 0 Å². The molecule has 0 aliphatic carbocycles. The van der Waals surface area contributed by atoms with Gasteiger partial charge in [-0.3, -0.25) is 0 Å². The fourth-order valence-electron chi connectivity index (χ4n) is 7.17. The molecule has 0 atom stereocenters. The summed E-state index contributed by atoms with van der Waals surface area (Å²) in [6, 6.07) is 74.3. The Hall–Kier alpha value is -7.37. The molecular weight excluding hydrogens is 661 g/mol. The number of rotatable bonds is 10. The largest absolute Gasteiger partial charge is 0.443 e. The SMILES string of the molecule is c1ccc(N(c2ccccc2)c2cc(-c3cccc4ocnc34)cc(N(c3ccccc3)c3ccccc3)c2N(c2ccccc2)c2ccccc2)cc1. The predicted octanol–water partition coefficient (Wildman–Crippen LogP) is 13.9. The summed E-state index contributed by atoms with van der Waals surface area (Å²) in [6.07, 6.45) is 1.53. The zero-order valence-electron chi connectivity index (χ0n) is 29.5. The van der Waals surface area contributed by atoms with E-state index in [1.807, 2.05) is 12.1 Å². The summed E-state index contributed by atoms with van der Waals surface area (Å²) in [5.41, 5.74) is 12.6. The molecule has 0 N–H and O–H groups in total. The molecule has 9 aromatic rings. The van der Waals surface area contributed by atoms with E-state index in [1.165, 1.54) is 6.39 Å². The number of anilines is 9. The molecule has 0 saturated heterocycles. The zero-order chi connectivity index (χ0) is 36.1. The topological polar surface area (TPSA) is 35.8 Å². The molecule has 5 heteroatoms. The summed E-state index contributed by atoms with van der Waals surface area (Å²) in [6.45, 7) is 0. The zero-order valence-corrected chi connectivity index (χ0v) is 29.5. The molecule has 54 heavy (non-hydrogen) atoms. The molecule has 0 unspecified atom stereocenters. The van der Waals surface area contributed by atoms with E-state index >= 15 is 0 Å². The highest BCUT2D eigenvalue weighted by atomic mass is 16.3. The van der Waals surface area contributed by atoms with E-state index in [1.54, 1.807) is 0 Å². The summed E-state index contributed by atoms with van der Waals surface area (Å²) < 4.78 is 5.85. The van der Waals surface area contributed by atoms with Gasteiger partial charge in [-0.15, -0.1) is 0 Å². The third-order valence-corrected chi connectivity index (χ3v) is 9.53. The van der Waals surface area contributed by atoms with Crippen molar-refractivity contribution >= 4 is 62.3 Å². The Morgan fingerprint density at radius 3 is 1.07 bits per heavy atom. The monoisotopic (exact) mass is 696 g/mol. The Kier molecular flexibility index (Phi) is 8.86. The number of fused-ring (bicyclic) bond motifs is 1. The minimum absolute atomic E-state index is 0.737. The van der Waals surface area contributed by atoms with Crippen molar-refractivity contribution in [1.29, 1.82) is 0 Å². The summed E-state index contributed by atoms with van der Waals surface area (Å²) in [5.74, 6) is 0. The number of aromatic nitrogens is 1. The lowest BCUT2D eigenvalue weighted by atomic mass is 9.98. The van der Waals surface area contributed by atoms with Crippen LogP contribution in [-0.4, -0.2) is 4.98 Å². The van der Waals surface area contributed by atoms with Crippen LogP contribution in [0.1, 0.15) is 0 Å². The minimum atomic E-state index is 0.737. The van der Waals surface area contributed by atoms with Gasteiger partial charge in [-0.25, -0.2) is 4.98 Å². The number of oxazole rings is 1. The molecular formula is C49H36N4O. The summed E-state index contributed by atoms with van der Waals surface area (Å²) >= 11 is 0. The van der Waals surface area contributed by atoms with Gasteiger partial charge >= 0.3 is 0 Å². The maximum Gasteiger partial charge on any atom is 0.182 e. The van der Waals surface area contributed by atoms with Crippen LogP contribution in [0, 0.1) is 0 Å². The molecule has 0 radical (unpaired) electrons. The van der Waals surface area contributed by atoms with Crippen LogP contribution >= 0.6 is 0 Å². The highest BCUT2D eigenvalue weighted by molar-refractivity contribution is 6.04. The number of benzene rings is 8. The van der Waals surface area contributed by atoms with Gasteiger partial charge in [0.2, 0.25) is 0 Å². The molecule has 9 rings (SSSR count). The normalized spacial score (nSPS) is 11.0. The van der Waals surface area contributed by atoms with Crippen molar-refractivity contribution in [3.8, 4) is 11.1 Å². The fourth-order valence-corrected chi connectivity index (χ4v) is 7.17. The second-order valence-corrected chi connectivity index (χ2v) is 12.9. The van der Waals surface area contributed by atoms with Crippen LogP contribution in [-0.2, 0) is 0 Å². The summed E-state index contributed by atoms with van der Waals surface area (Å²) in [5, 5.41) is 0. The second-order valence-electron chi connectivity index (χ2n) is 12.9. The van der Waals surface area contributed by atoms with Gasteiger partial charge in [-0.1, -0.05) is 121 Å². The molecule has 5 nitrogen and oxygen atoms in total. The van der Waals surface area contributed by atoms with E-state index < -0.39 is 0 Å². The smallest absolute Gasteiger partial charge is 0.182 e. The number of nitrogens with zero attached hydrogens (tertiary/aromatic N) is 4. The van der Waals surface area contributed by atoms with Crippen molar-refractivity contribution in [1.82, 2.24) is 4.98 Å². The Labute approximate surface area is 315 Å². The molecule has 0 amide bonds. The first-order chi connectivity index (χ1) is 26.8. The van der Waals surface area contributed by atoms with Crippen LogP contribution in [0.2, 0.25) is 0 Å². The van der Waals surface area contributed by atoms with E-state index in [-0.39, 0.29) is 0 Å². The standard InChI is InChI=1S/C49H36N4O/c1-7-20-38(21-8-1)51(39-22-9-2-10-23-39)45-34-37(44-32-19-33-47-48(44)50-36-54-47)35-46(52(40-24-11-3-12-25-40)41-26-13-4-14-27-41)49(45)53(42-28-15-5-16-29-42)43-30-17-6-18-31-43/h1-36H. The van der Waals surface area contributed by atoms with Crippen LogP contribution in [0.5, 0.6) is 0 Å². The molecule has 0 spiro atoms. The Morgan fingerprint density at radius 1 is 0.352 bits per heavy atom. The van der Waals surface area contributed by atoms with Gasteiger partial charge in [0.1, 0.15) is 5.52 Å². The number of para-hydroxylation sites is 7. The molecule has 0 fully saturated rings. The van der Waals surface area contributed by atoms with E-state index in [4.69, 9.17) is 9.40 Å². The third-order valence-electron chi connectivity index (χ3n) is 9.53.